The van der Waals surface area contributed by atoms with Gasteiger partial charge < -0.3 is 18.9 Å². The number of hydrogen-bond donors (Lipinski definition) is 1. The van der Waals surface area contributed by atoms with Crippen LogP contribution in [0.4, 0.5) is 4.79 Å². The van der Waals surface area contributed by atoms with Crippen LogP contribution in [-0.4, -0.2) is 54.6 Å². The summed E-state index contributed by atoms with van der Waals surface area (Å²) < 4.78 is 12.8. The van der Waals surface area contributed by atoms with E-state index < -0.39 is 11.2 Å². The first kappa shape index (κ1) is 35.3. The number of hydrogen-bond acceptors (Lipinski definition) is 10. The van der Waals surface area contributed by atoms with Gasteiger partial charge in [-0.3, -0.25) is 0 Å². The lowest BCUT2D eigenvalue weighted by atomic mass is 9.98. The minimum Gasteiger partial charge on any atom is -0.434 e. The molecule has 13 nitrogen and oxygen atoms in total. The monoisotopic (exact) mass is 667 g/mol. The highest BCUT2D eigenvalue weighted by Crippen LogP contribution is 2.30. The molecule has 0 saturated heterocycles. The highest BCUT2D eigenvalue weighted by Gasteiger charge is 2.19. The van der Waals surface area contributed by atoms with Gasteiger partial charge in [0.1, 0.15) is 12.4 Å². The Bertz CT molecular complexity index is 1530. The van der Waals surface area contributed by atoms with Crippen LogP contribution in [0.2, 0.25) is 5.15 Å². The summed E-state index contributed by atoms with van der Waals surface area (Å²) in [4.78, 5) is 31.4. The maximum absolute atomic E-state index is 12.4. The molecule has 0 bridgehead atoms. The van der Waals surface area contributed by atoms with Crippen molar-refractivity contribution in [3.05, 3.63) is 80.9 Å². The third-order valence-corrected chi connectivity index (χ3v) is 8.06. The zero-order chi connectivity index (χ0) is 33.3. The first-order chi connectivity index (χ1) is 23.0. The van der Waals surface area contributed by atoms with Gasteiger partial charge in [0.15, 0.2) is 5.15 Å². The van der Waals surface area contributed by atoms with Gasteiger partial charge in [-0.1, -0.05) is 112 Å². The normalized spacial score (nSPS) is 11.0. The van der Waals surface area contributed by atoms with Crippen molar-refractivity contribution in [1.29, 1.82) is 0 Å². The molecule has 0 aliphatic carbocycles. The number of unbranched alkanes of at least 4 members (excludes halogenated alkanes) is 8. The average molecular weight is 668 g/mol. The Morgan fingerprint density at radius 1 is 0.915 bits per heavy atom. The number of ether oxygens (including phenoxy) is 2. The fraction of sp³-hybridized carbons (Fsp3) is 0.485. The zero-order valence-corrected chi connectivity index (χ0v) is 27.5. The Hall–Kier alpha value is -4.52. The molecule has 0 spiro atoms. The Morgan fingerprint density at radius 3 is 2.26 bits per heavy atom. The van der Waals surface area contributed by atoms with Crippen LogP contribution in [0.3, 0.4) is 0 Å². The van der Waals surface area contributed by atoms with Gasteiger partial charge in [-0.05, 0) is 41.2 Å². The van der Waals surface area contributed by atoms with Crippen molar-refractivity contribution in [2.75, 3.05) is 13.2 Å². The molecule has 0 amide bonds. The number of benzene rings is 2. The molecular weight excluding hydrogens is 626 g/mol. The van der Waals surface area contributed by atoms with Crippen molar-refractivity contribution in [1.82, 2.24) is 30.2 Å². The number of nitrogens with zero attached hydrogens (tertiary/aromatic N) is 6. The van der Waals surface area contributed by atoms with Gasteiger partial charge in [0.25, 0.3) is 5.09 Å². The molecule has 14 heteroatoms. The Morgan fingerprint density at radius 2 is 1.60 bits per heavy atom. The van der Waals surface area contributed by atoms with Crippen LogP contribution >= 0.6 is 11.6 Å². The molecular formula is C33H42ClN7O6. The molecule has 0 radical (unpaired) electrons. The quantitative estimate of drug-likeness (QED) is 0.0402. The first-order valence-corrected chi connectivity index (χ1v) is 16.6. The Labute approximate surface area is 279 Å². The molecule has 0 saturated carbocycles. The minimum absolute atomic E-state index is 0.0420. The summed E-state index contributed by atoms with van der Waals surface area (Å²) in [6.45, 7) is 3.05. The number of aromatic amines is 1. The van der Waals surface area contributed by atoms with Crippen molar-refractivity contribution in [2.45, 2.75) is 90.7 Å². The van der Waals surface area contributed by atoms with E-state index in [1.807, 2.05) is 28.8 Å². The van der Waals surface area contributed by atoms with Crippen molar-refractivity contribution >= 4 is 17.8 Å². The van der Waals surface area contributed by atoms with Gasteiger partial charge in [0, 0.05) is 18.5 Å². The number of carbonyl (C=O) groups is 1. The summed E-state index contributed by atoms with van der Waals surface area (Å²) in [5, 5.41) is 24.2. The number of tetrazole rings is 1. The lowest BCUT2D eigenvalue weighted by Gasteiger charge is -2.14. The van der Waals surface area contributed by atoms with Gasteiger partial charge in [-0.15, -0.1) is 20.3 Å². The van der Waals surface area contributed by atoms with E-state index in [0.29, 0.717) is 29.6 Å². The number of carbonyl (C=O) groups excluding carboxylic acids is 1. The standard InChI is InChI=1S/C33H42ClN7O6/c1-2-3-16-30-35-31(34)29(24-46-33(42)45-21-12-8-6-4-5-7-9-13-22-47-41(43)44)40(30)23-25-17-19-26(20-18-25)27-14-10-11-15-28(27)32-36-38-39-37-32/h10-11,14-15,17-20H,2-9,12-13,16,21-24H2,1H3,(H,36,37,38,39). The second kappa shape index (κ2) is 19.2. The third kappa shape index (κ3) is 11.3. The molecule has 0 aliphatic heterocycles. The number of imidazole rings is 1. The molecule has 4 rings (SSSR count). The topological polar surface area (TPSA) is 160 Å². The molecule has 2 aromatic heterocycles. The van der Waals surface area contributed by atoms with Crippen LogP contribution in [0.1, 0.15) is 88.2 Å². The second-order valence-electron chi connectivity index (χ2n) is 11.2. The molecule has 47 heavy (non-hydrogen) atoms. The molecule has 2 heterocycles. The fourth-order valence-electron chi connectivity index (χ4n) is 5.26. The second-order valence-corrected chi connectivity index (χ2v) is 11.6. The van der Waals surface area contributed by atoms with E-state index in [1.165, 1.54) is 0 Å². The van der Waals surface area contributed by atoms with E-state index in [9.17, 15) is 14.9 Å². The number of aromatic nitrogens is 6. The Kier molecular flexibility index (Phi) is 14.4. The van der Waals surface area contributed by atoms with Crippen LogP contribution in [0.15, 0.2) is 48.5 Å². The molecule has 0 unspecified atom stereocenters. The van der Waals surface area contributed by atoms with Gasteiger partial charge in [0.2, 0.25) is 5.82 Å². The van der Waals surface area contributed by atoms with Crippen molar-refractivity contribution in [2.24, 2.45) is 0 Å². The van der Waals surface area contributed by atoms with E-state index >= 15 is 0 Å². The minimum atomic E-state index is -0.754. The Balaban J connectivity index is 1.26. The highest BCUT2D eigenvalue weighted by atomic mass is 35.5. The summed E-state index contributed by atoms with van der Waals surface area (Å²) in [5.41, 5.74) is 4.58. The number of halogens is 1. The predicted molar refractivity (Wildman–Crippen MR) is 176 cm³/mol. The number of H-pyrrole nitrogens is 1. The van der Waals surface area contributed by atoms with E-state index in [4.69, 9.17) is 21.1 Å². The van der Waals surface area contributed by atoms with Gasteiger partial charge in [0.05, 0.1) is 18.9 Å². The maximum Gasteiger partial charge on any atom is 0.508 e. The predicted octanol–water partition coefficient (Wildman–Crippen LogP) is 7.76. The first-order valence-electron chi connectivity index (χ1n) is 16.2. The highest BCUT2D eigenvalue weighted by molar-refractivity contribution is 6.30. The number of aryl methyl sites for hydroxylation is 1. The zero-order valence-electron chi connectivity index (χ0n) is 26.7. The van der Waals surface area contributed by atoms with E-state index in [-0.39, 0.29) is 19.8 Å². The van der Waals surface area contributed by atoms with Gasteiger partial charge in [-0.25, -0.2) is 9.78 Å². The van der Waals surface area contributed by atoms with Crippen LogP contribution in [0.5, 0.6) is 0 Å². The van der Waals surface area contributed by atoms with Crippen LogP contribution in [0.25, 0.3) is 22.5 Å². The molecule has 4 aromatic rings. The number of rotatable bonds is 21. The molecule has 252 valence electrons. The average Bonchev–Trinajstić information content (AvgIpc) is 3.71. The van der Waals surface area contributed by atoms with Crippen LogP contribution < -0.4 is 0 Å². The summed E-state index contributed by atoms with van der Waals surface area (Å²) in [6, 6.07) is 16.2. The largest absolute Gasteiger partial charge is 0.508 e. The molecule has 0 fully saturated rings. The molecule has 0 atom stereocenters. The lowest BCUT2D eigenvalue weighted by Crippen LogP contribution is -2.13. The summed E-state index contributed by atoms with van der Waals surface area (Å²) in [5.74, 6) is 1.38. The molecule has 2 aromatic carbocycles. The maximum atomic E-state index is 12.4. The fourth-order valence-corrected chi connectivity index (χ4v) is 5.52. The van der Waals surface area contributed by atoms with E-state index in [1.54, 1.807) is 0 Å². The van der Waals surface area contributed by atoms with E-state index in [0.717, 1.165) is 92.3 Å². The SMILES string of the molecule is CCCCc1nc(Cl)c(COC(=O)OCCCCCCCCCCO[N+](=O)[O-])n1Cc1ccc(-c2ccccc2-c2nn[nH]n2)cc1. The van der Waals surface area contributed by atoms with Crippen molar-refractivity contribution < 1.29 is 24.2 Å². The number of nitrogens with one attached hydrogen (secondary N) is 1. The third-order valence-electron chi connectivity index (χ3n) is 7.76. The summed E-state index contributed by atoms with van der Waals surface area (Å²) in [7, 11) is 0. The van der Waals surface area contributed by atoms with Crippen molar-refractivity contribution in [3.8, 4) is 22.5 Å². The molecule has 0 aliphatic rings. The van der Waals surface area contributed by atoms with Crippen LogP contribution in [0, 0.1) is 10.1 Å². The van der Waals surface area contributed by atoms with Crippen LogP contribution in [-0.2, 0) is 33.9 Å². The van der Waals surface area contributed by atoms with Gasteiger partial charge >= 0.3 is 6.16 Å². The lowest BCUT2D eigenvalue weighted by molar-refractivity contribution is -0.757. The summed E-state index contributed by atoms with van der Waals surface area (Å²) >= 11 is 6.57. The van der Waals surface area contributed by atoms with E-state index in [2.05, 4.69) is 61.6 Å². The smallest absolute Gasteiger partial charge is 0.434 e. The van der Waals surface area contributed by atoms with Gasteiger partial charge in [-0.2, -0.15) is 5.21 Å². The van der Waals surface area contributed by atoms with Crippen molar-refractivity contribution in [3.63, 3.8) is 0 Å². The summed E-state index contributed by atoms with van der Waals surface area (Å²) in [6.07, 6.45) is 9.48. The molecule has 1 N–H and O–H groups in total.